The van der Waals surface area contributed by atoms with Gasteiger partial charge in [-0.15, -0.1) is 0 Å². The van der Waals surface area contributed by atoms with Crippen molar-refractivity contribution < 1.29 is 14.3 Å². The van der Waals surface area contributed by atoms with E-state index in [2.05, 4.69) is 0 Å². The van der Waals surface area contributed by atoms with Crippen molar-refractivity contribution in [1.82, 2.24) is 0 Å². The first-order chi connectivity index (χ1) is 6.24. The third kappa shape index (κ3) is 1.20. The van der Waals surface area contributed by atoms with Crippen LogP contribution in [-0.4, -0.2) is 24.8 Å². The maximum Gasteiger partial charge on any atom is 0.337 e. The average molecular weight is 180 g/mol. The van der Waals surface area contributed by atoms with Gasteiger partial charge in [-0.2, -0.15) is 0 Å². The molecule has 2 atom stereocenters. The zero-order valence-corrected chi connectivity index (χ0v) is 7.74. The Morgan fingerprint density at radius 1 is 1.54 bits per heavy atom. The van der Waals surface area contributed by atoms with Crippen molar-refractivity contribution in [2.24, 2.45) is 0 Å². The summed E-state index contributed by atoms with van der Waals surface area (Å²) >= 11 is 0. The molecule has 0 amide bonds. The Kier molecular flexibility index (Phi) is 1.96. The lowest BCUT2D eigenvalue weighted by Crippen LogP contribution is -2.16. The van der Waals surface area contributed by atoms with Crippen LogP contribution in [0.25, 0.3) is 0 Å². The number of rotatable bonds is 2. The van der Waals surface area contributed by atoms with Crippen LogP contribution < -0.4 is 0 Å². The minimum Gasteiger partial charge on any atom is -0.463 e. The molecule has 2 aliphatic heterocycles. The summed E-state index contributed by atoms with van der Waals surface area (Å²) in [7, 11) is 0. The highest BCUT2D eigenvalue weighted by atomic mass is 16.5. The molecule has 0 aliphatic carbocycles. The second-order valence-corrected chi connectivity index (χ2v) is 3.18. The molecule has 0 N–H and O–H groups in total. The molecule has 2 rings (SSSR count). The van der Waals surface area contributed by atoms with Gasteiger partial charge in [-0.1, -0.05) is 12.2 Å². The first-order valence-corrected chi connectivity index (χ1v) is 4.45. The smallest absolute Gasteiger partial charge is 0.337 e. The first-order valence-electron chi connectivity index (χ1n) is 4.45. The second-order valence-electron chi connectivity index (χ2n) is 3.18. The molecule has 2 unspecified atom stereocenters. The number of ether oxygens (including phenoxy) is 2. The third-order valence-electron chi connectivity index (χ3n) is 2.39. The zero-order valence-electron chi connectivity index (χ0n) is 7.74. The quantitative estimate of drug-likeness (QED) is 0.473. The van der Waals surface area contributed by atoms with Crippen LogP contribution in [0.1, 0.15) is 13.8 Å². The molecule has 0 spiro atoms. The van der Waals surface area contributed by atoms with E-state index in [9.17, 15) is 4.79 Å². The fourth-order valence-corrected chi connectivity index (χ4v) is 1.72. The lowest BCUT2D eigenvalue weighted by atomic mass is 9.99. The minimum absolute atomic E-state index is 0.00408. The minimum atomic E-state index is -0.239. The molecule has 0 saturated carbocycles. The fraction of sp³-hybridized carbons (Fsp3) is 0.500. The summed E-state index contributed by atoms with van der Waals surface area (Å²) < 4.78 is 10.4. The molecule has 3 heteroatoms. The second kappa shape index (κ2) is 3.00. The van der Waals surface area contributed by atoms with Crippen LogP contribution in [0, 0.1) is 0 Å². The van der Waals surface area contributed by atoms with Gasteiger partial charge in [-0.25, -0.2) is 4.79 Å². The number of esters is 1. The lowest BCUT2D eigenvalue weighted by molar-refractivity contribution is -0.139. The van der Waals surface area contributed by atoms with Crippen LogP contribution in [0.4, 0.5) is 0 Å². The Balaban J connectivity index is 2.20. The maximum absolute atomic E-state index is 11.5. The van der Waals surface area contributed by atoms with Gasteiger partial charge < -0.3 is 9.47 Å². The Morgan fingerprint density at radius 2 is 2.23 bits per heavy atom. The fourth-order valence-electron chi connectivity index (χ4n) is 1.72. The predicted molar refractivity (Wildman–Crippen MR) is 47.1 cm³/mol. The Morgan fingerprint density at radius 3 is 2.77 bits per heavy atom. The Hall–Kier alpha value is -1.09. The predicted octanol–water partition coefficient (Wildman–Crippen LogP) is 1.20. The molecule has 0 aromatic heterocycles. The van der Waals surface area contributed by atoms with E-state index in [1.54, 1.807) is 6.92 Å². The zero-order chi connectivity index (χ0) is 9.42. The molecule has 3 nitrogen and oxygen atoms in total. The van der Waals surface area contributed by atoms with E-state index < -0.39 is 0 Å². The molecule has 0 aromatic carbocycles. The number of carbonyl (C=O) groups is 1. The van der Waals surface area contributed by atoms with Gasteiger partial charge in [0.25, 0.3) is 0 Å². The molecule has 70 valence electrons. The van der Waals surface area contributed by atoms with Crippen molar-refractivity contribution in [2.75, 3.05) is 6.61 Å². The van der Waals surface area contributed by atoms with Gasteiger partial charge in [0.2, 0.25) is 0 Å². The number of carbonyl (C=O) groups excluding carboxylic acids is 1. The summed E-state index contributed by atoms with van der Waals surface area (Å²) in [5.74, 6) is -0.239. The average Bonchev–Trinajstić information content (AvgIpc) is 2.63. The van der Waals surface area contributed by atoms with E-state index >= 15 is 0 Å². The number of hydrogen-bond acceptors (Lipinski definition) is 3. The normalized spacial score (nSPS) is 30.0. The SMILES string of the molecule is CCOC(=O)C1=C(C)C2C=CC1O2. The molecule has 0 fully saturated rings. The highest BCUT2D eigenvalue weighted by Crippen LogP contribution is 2.34. The van der Waals surface area contributed by atoms with Crippen LogP contribution >= 0.6 is 0 Å². The van der Waals surface area contributed by atoms with Crippen molar-refractivity contribution in [2.45, 2.75) is 26.1 Å². The lowest BCUT2D eigenvalue weighted by Gasteiger charge is -2.08. The van der Waals surface area contributed by atoms with Crippen molar-refractivity contribution >= 4 is 5.97 Å². The molecule has 0 saturated heterocycles. The van der Waals surface area contributed by atoms with Gasteiger partial charge >= 0.3 is 5.97 Å². The van der Waals surface area contributed by atoms with Gasteiger partial charge in [0, 0.05) is 0 Å². The highest BCUT2D eigenvalue weighted by molar-refractivity contribution is 5.92. The Labute approximate surface area is 77.0 Å². The summed E-state index contributed by atoms with van der Waals surface area (Å²) in [6, 6.07) is 0. The van der Waals surface area contributed by atoms with Crippen LogP contribution in [-0.2, 0) is 14.3 Å². The maximum atomic E-state index is 11.5. The summed E-state index contributed by atoms with van der Waals surface area (Å²) in [5, 5.41) is 0. The molecule has 2 bridgehead atoms. The molecule has 13 heavy (non-hydrogen) atoms. The van der Waals surface area contributed by atoms with E-state index in [1.807, 2.05) is 19.1 Å². The third-order valence-corrected chi connectivity index (χ3v) is 2.39. The summed E-state index contributed by atoms with van der Waals surface area (Å²) in [4.78, 5) is 11.5. The van der Waals surface area contributed by atoms with E-state index in [0.717, 1.165) is 5.57 Å². The van der Waals surface area contributed by atoms with Gasteiger partial charge in [0.1, 0.15) is 6.10 Å². The topological polar surface area (TPSA) is 35.5 Å². The molecule has 0 aromatic rings. The molecule has 2 aliphatic rings. The standard InChI is InChI=1S/C10H12O3/c1-3-12-10(11)9-6(2)7-4-5-8(9)13-7/h4-5,7-8H,3H2,1-2H3. The van der Waals surface area contributed by atoms with E-state index in [-0.39, 0.29) is 18.2 Å². The van der Waals surface area contributed by atoms with Crippen molar-refractivity contribution in [3.63, 3.8) is 0 Å². The largest absolute Gasteiger partial charge is 0.463 e. The van der Waals surface area contributed by atoms with E-state index in [1.165, 1.54) is 0 Å². The monoisotopic (exact) mass is 180 g/mol. The molecular weight excluding hydrogens is 168 g/mol. The van der Waals surface area contributed by atoms with E-state index in [0.29, 0.717) is 12.2 Å². The van der Waals surface area contributed by atoms with E-state index in [4.69, 9.17) is 9.47 Å². The summed E-state index contributed by atoms with van der Waals surface area (Å²) in [5.41, 5.74) is 1.68. The highest BCUT2D eigenvalue weighted by Gasteiger charge is 2.38. The van der Waals surface area contributed by atoms with Crippen LogP contribution in [0.3, 0.4) is 0 Å². The van der Waals surface area contributed by atoms with Crippen molar-refractivity contribution in [3.05, 3.63) is 23.3 Å². The van der Waals surface area contributed by atoms with Gasteiger partial charge in [0.15, 0.2) is 0 Å². The number of fused-ring (bicyclic) bond motifs is 2. The summed E-state index contributed by atoms with van der Waals surface area (Å²) in [6.07, 6.45) is 3.72. The number of hydrogen-bond donors (Lipinski definition) is 0. The van der Waals surface area contributed by atoms with Crippen LogP contribution in [0.5, 0.6) is 0 Å². The molecular formula is C10H12O3. The van der Waals surface area contributed by atoms with Crippen molar-refractivity contribution in [3.8, 4) is 0 Å². The molecule has 2 heterocycles. The van der Waals surface area contributed by atoms with Crippen molar-refractivity contribution in [1.29, 1.82) is 0 Å². The van der Waals surface area contributed by atoms with Gasteiger partial charge in [0.05, 0.1) is 18.3 Å². The van der Waals surface area contributed by atoms with Crippen LogP contribution in [0.15, 0.2) is 23.3 Å². The van der Waals surface area contributed by atoms with Gasteiger partial charge in [-0.05, 0) is 19.4 Å². The van der Waals surface area contributed by atoms with Crippen LogP contribution in [0.2, 0.25) is 0 Å². The molecule has 0 radical (unpaired) electrons. The Bertz CT molecular complexity index is 301. The summed E-state index contributed by atoms with van der Waals surface area (Å²) in [6.45, 7) is 4.13. The first kappa shape index (κ1) is 8.51. The van der Waals surface area contributed by atoms with Gasteiger partial charge in [-0.3, -0.25) is 0 Å².